The Morgan fingerprint density at radius 3 is 2.25 bits per heavy atom. The van der Waals surface area contributed by atoms with E-state index in [2.05, 4.69) is 10.2 Å². The molecule has 2 N–H and O–H groups in total. The van der Waals surface area contributed by atoms with Crippen LogP contribution in [0.15, 0.2) is 0 Å². The summed E-state index contributed by atoms with van der Waals surface area (Å²) in [5, 5.41) is 12.3. The molecule has 1 atom stereocenters. The van der Waals surface area contributed by atoms with Crippen molar-refractivity contribution in [2.45, 2.75) is 13.0 Å². The Morgan fingerprint density at radius 2 is 1.83 bits per heavy atom. The number of nitrogens with zero attached hydrogens (tertiary/aromatic N) is 1. The number of rotatable bonds is 2. The average Bonchev–Trinajstić information content (AvgIpc) is 1.88. The number of piperazine rings is 1. The van der Waals surface area contributed by atoms with E-state index in [1.54, 1.807) is 0 Å². The Hall–Kier alpha value is 0.460. The fourth-order valence-electron chi connectivity index (χ4n) is 1.27. The summed E-state index contributed by atoms with van der Waals surface area (Å²) in [5.41, 5.74) is 0. The summed E-state index contributed by atoms with van der Waals surface area (Å²) in [7, 11) is 0. The summed E-state index contributed by atoms with van der Waals surface area (Å²) in [6.45, 7) is 6.93. The van der Waals surface area contributed by atoms with E-state index in [-0.39, 0.29) is 30.9 Å². The van der Waals surface area contributed by atoms with Gasteiger partial charge in [0, 0.05) is 32.7 Å². The highest BCUT2D eigenvalue weighted by Gasteiger charge is 2.10. The molecule has 1 rings (SSSR count). The van der Waals surface area contributed by atoms with E-state index in [1.165, 1.54) is 0 Å². The number of aliphatic hydroxyl groups is 1. The van der Waals surface area contributed by atoms with Gasteiger partial charge in [0.25, 0.3) is 0 Å². The Kier molecular flexibility index (Phi) is 10.1. The summed E-state index contributed by atoms with van der Waals surface area (Å²) in [6.07, 6.45) is -0.182. The second-order valence-electron chi connectivity index (χ2n) is 2.90. The van der Waals surface area contributed by atoms with Crippen molar-refractivity contribution in [3.8, 4) is 0 Å². The SMILES string of the molecule is C[C@@H](O)CN1CCNCC1.Cl.Cl. The summed E-state index contributed by atoms with van der Waals surface area (Å²) < 4.78 is 0. The highest BCUT2D eigenvalue weighted by molar-refractivity contribution is 5.85. The van der Waals surface area contributed by atoms with Crippen molar-refractivity contribution in [2.24, 2.45) is 0 Å². The Labute approximate surface area is 86.3 Å². The first-order valence-electron chi connectivity index (χ1n) is 3.90. The van der Waals surface area contributed by atoms with Crippen LogP contribution in [0.4, 0.5) is 0 Å². The first-order chi connectivity index (χ1) is 4.79. The van der Waals surface area contributed by atoms with Crippen molar-refractivity contribution in [3.63, 3.8) is 0 Å². The van der Waals surface area contributed by atoms with Gasteiger partial charge < -0.3 is 10.4 Å². The number of halogens is 2. The molecule has 1 saturated heterocycles. The third-order valence-corrected chi connectivity index (χ3v) is 1.73. The highest BCUT2D eigenvalue weighted by Crippen LogP contribution is 1.93. The number of hydrogen-bond acceptors (Lipinski definition) is 3. The Balaban J connectivity index is 0. The van der Waals surface area contributed by atoms with Gasteiger partial charge in [0.2, 0.25) is 0 Å². The predicted molar refractivity (Wildman–Crippen MR) is 55.5 cm³/mol. The minimum absolute atomic E-state index is 0. The van der Waals surface area contributed by atoms with Gasteiger partial charge in [0.05, 0.1) is 6.10 Å². The predicted octanol–water partition coefficient (Wildman–Crippen LogP) is 0.116. The second-order valence-corrected chi connectivity index (χ2v) is 2.90. The van der Waals surface area contributed by atoms with E-state index in [9.17, 15) is 0 Å². The molecular weight excluding hydrogens is 199 g/mol. The van der Waals surface area contributed by atoms with E-state index in [0.717, 1.165) is 32.7 Å². The smallest absolute Gasteiger partial charge is 0.0639 e. The van der Waals surface area contributed by atoms with Gasteiger partial charge >= 0.3 is 0 Å². The van der Waals surface area contributed by atoms with Gasteiger partial charge in [-0.25, -0.2) is 0 Å². The third-order valence-electron chi connectivity index (χ3n) is 1.73. The molecule has 1 aliphatic heterocycles. The van der Waals surface area contributed by atoms with Crippen molar-refractivity contribution in [2.75, 3.05) is 32.7 Å². The molecule has 3 nitrogen and oxygen atoms in total. The molecule has 0 aliphatic carbocycles. The van der Waals surface area contributed by atoms with Gasteiger partial charge in [-0.05, 0) is 6.92 Å². The molecule has 1 heterocycles. The maximum atomic E-state index is 9.04. The van der Waals surface area contributed by atoms with E-state index in [1.807, 2.05) is 6.92 Å². The van der Waals surface area contributed by atoms with Crippen LogP contribution in [0.2, 0.25) is 0 Å². The van der Waals surface area contributed by atoms with Crippen molar-refractivity contribution in [1.82, 2.24) is 10.2 Å². The van der Waals surface area contributed by atoms with E-state index in [0.29, 0.717) is 0 Å². The molecule has 0 aromatic rings. The number of β-amino-alcohol motifs (C(OH)–C–C–N with tert-alkyl or cyclic N) is 1. The molecule has 1 fully saturated rings. The van der Waals surface area contributed by atoms with Crippen molar-refractivity contribution < 1.29 is 5.11 Å². The van der Waals surface area contributed by atoms with Gasteiger partial charge in [0.15, 0.2) is 0 Å². The Morgan fingerprint density at radius 1 is 1.33 bits per heavy atom. The lowest BCUT2D eigenvalue weighted by atomic mass is 10.3. The average molecular weight is 217 g/mol. The van der Waals surface area contributed by atoms with Crippen LogP contribution in [0, 0.1) is 0 Å². The molecule has 0 bridgehead atoms. The molecule has 5 heteroatoms. The van der Waals surface area contributed by atoms with E-state index >= 15 is 0 Å². The molecule has 0 aromatic carbocycles. The lowest BCUT2D eigenvalue weighted by Crippen LogP contribution is -2.45. The number of nitrogens with one attached hydrogen (secondary N) is 1. The molecule has 0 aromatic heterocycles. The van der Waals surface area contributed by atoms with Crippen LogP contribution < -0.4 is 5.32 Å². The summed E-state index contributed by atoms with van der Waals surface area (Å²) in [5.74, 6) is 0. The maximum absolute atomic E-state index is 9.04. The standard InChI is InChI=1S/C7H16N2O.2ClH/c1-7(10)6-9-4-2-8-3-5-9;;/h7-8,10H,2-6H2,1H3;2*1H/t7-;;/m1../s1. The normalized spacial score (nSPS) is 20.5. The van der Waals surface area contributed by atoms with E-state index < -0.39 is 0 Å². The fraction of sp³-hybridized carbons (Fsp3) is 1.00. The zero-order valence-electron chi connectivity index (χ0n) is 7.32. The largest absolute Gasteiger partial charge is 0.392 e. The monoisotopic (exact) mass is 216 g/mol. The minimum Gasteiger partial charge on any atom is -0.392 e. The molecule has 0 radical (unpaired) electrons. The fourth-order valence-corrected chi connectivity index (χ4v) is 1.27. The van der Waals surface area contributed by atoms with Crippen molar-refractivity contribution in [1.29, 1.82) is 0 Å². The summed E-state index contributed by atoms with van der Waals surface area (Å²) in [4.78, 5) is 2.28. The van der Waals surface area contributed by atoms with E-state index in [4.69, 9.17) is 5.11 Å². The van der Waals surface area contributed by atoms with Gasteiger partial charge in [-0.1, -0.05) is 0 Å². The van der Waals surface area contributed by atoms with Gasteiger partial charge in [-0.3, -0.25) is 4.90 Å². The first-order valence-corrected chi connectivity index (χ1v) is 3.90. The topological polar surface area (TPSA) is 35.5 Å². The van der Waals surface area contributed by atoms with Gasteiger partial charge in [-0.2, -0.15) is 0 Å². The van der Waals surface area contributed by atoms with Crippen LogP contribution in [-0.4, -0.2) is 48.8 Å². The summed E-state index contributed by atoms with van der Waals surface area (Å²) in [6, 6.07) is 0. The zero-order valence-corrected chi connectivity index (χ0v) is 8.96. The lowest BCUT2D eigenvalue weighted by molar-refractivity contribution is 0.118. The molecule has 76 valence electrons. The molecule has 0 saturated carbocycles. The van der Waals surface area contributed by atoms with Crippen LogP contribution in [0.5, 0.6) is 0 Å². The number of aliphatic hydroxyl groups excluding tert-OH is 1. The molecule has 1 aliphatic rings. The van der Waals surface area contributed by atoms with Gasteiger partial charge in [-0.15, -0.1) is 24.8 Å². The molecule has 0 amide bonds. The molecule has 12 heavy (non-hydrogen) atoms. The number of hydrogen-bond donors (Lipinski definition) is 2. The first kappa shape index (κ1) is 15.0. The van der Waals surface area contributed by atoms with Crippen LogP contribution in [-0.2, 0) is 0 Å². The highest BCUT2D eigenvalue weighted by atomic mass is 35.5. The van der Waals surface area contributed by atoms with Crippen LogP contribution in [0.1, 0.15) is 6.92 Å². The van der Waals surface area contributed by atoms with Crippen LogP contribution in [0.25, 0.3) is 0 Å². The molecular formula is C7H18Cl2N2O. The van der Waals surface area contributed by atoms with Gasteiger partial charge in [0.1, 0.15) is 0 Å². The second kappa shape index (κ2) is 8.08. The van der Waals surface area contributed by atoms with Crippen molar-refractivity contribution >= 4 is 24.8 Å². The Bertz CT molecular complexity index is 97.4. The molecule has 0 spiro atoms. The maximum Gasteiger partial charge on any atom is 0.0639 e. The van der Waals surface area contributed by atoms with Crippen LogP contribution in [0.3, 0.4) is 0 Å². The molecule has 0 unspecified atom stereocenters. The third kappa shape index (κ3) is 6.03. The lowest BCUT2D eigenvalue weighted by Gasteiger charge is -2.27. The van der Waals surface area contributed by atoms with Crippen molar-refractivity contribution in [3.05, 3.63) is 0 Å². The minimum atomic E-state index is -0.182. The van der Waals surface area contributed by atoms with Crippen LogP contribution >= 0.6 is 24.8 Å². The quantitative estimate of drug-likeness (QED) is 0.689. The zero-order chi connectivity index (χ0) is 7.40. The summed E-state index contributed by atoms with van der Waals surface area (Å²) >= 11 is 0.